The topological polar surface area (TPSA) is 51.7 Å². The molecule has 0 radical (unpaired) electrons. The molecule has 26 heavy (non-hydrogen) atoms. The number of amides is 1. The van der Waals surface area contributed by atoms with Crippen LogP contribution in [0.25, 0.3) is 0 Å². The Balaban J connectivity index is 1.32. The Labute approximate surface area is 157 Å². The van der Waals surface area contributed by atoms with Crippen molar-refractivity contribution in [2.75, 3.05) is 19.7 Å². The van der Waals surface area contributed by atoms with E-state index in [-0.39, 0.29) is 17.6 Å². The van der Waals surface area contributed by atoms with Gasteiger partial charge in [-0.25, -0.2) is 0 Å². The standard InChI is InChI=1S/C20H21ClN2O3/c21-17-3-1-2-16(10-17)19(24)23-13-20(14-23)11-18(6-9-26-20)25-12-15-4-7-22-8-5-15/h1-5,7-8,10,18H,6,9,11-14H2. The second kappa shape index (κ2) is 7.35. The first-order valence-corrected chi connectivity index (χ1v) is 9.21. The Morgan fingerprint density at radius 3 is 2.88 bits per heavy atom. The maximum absolute atomic E-state index is 12.6. The highest BCUT2D eigenvalue weighted by atomic mass is 35.5. The van der Waals surface area contributed by atoms with Crippen LogP contribution in [0, 0.1) is 0 Å². The summed E-state index contributed by atoms with van der Waals surface area (Å²) in [4.78, 5) is 18.4. The summed E-state index contributed by atoms with van der Waals surface area (Å²) in [6, 6.07) is 11.0. The SMILES string of the molecule is O=C(c1cccc(Cl)c1)N1CC2(CC(OCc3ccncc3)CCO2)C1. The molecule has 0 saturated carbocycles. The molecular formula is C20H21ClN2O3. The zero-order valence-corrected chi connectivity index (χ0v) is 15.2. The number of benzene rings is 1. The van der Waals surface area contributed by atoms with Gasteiger partial charge in [0.1, 0.15) is 5.60 Å². The maximum Gasteiger partial charge on any atom is 0.254 e. The fourth-order valence-corrected chi connectivity index (χ4v) is 3.83. The molecule has 1 aromatic carbocycles. The van der Waals surface area contributed by atoms with E-state index in [0.29, 0.717) is 36.9 Å². The number of carbonyl (C=O) groups is 1. The molecule has 2 aliphatic rings. The minimum absolute atomic E-state index is 0.00144. The summed E-state index contributed by atoms with van der Waals surface area (Å²) in [5.74, 6) is 0.00144. The van der Waals surface area contributed by atoms with Gasteiger partial charge in [-0.2, -0.15) is 0 Å². The average molecular weight is 373 g/mol. The predicted octanol–water partition coefficient (Wildman–Crippen LogP) is 3.33. The molecule has 4 rings (SSSR count). The molecule has 1 amide bonds. The highest BCUT2D eigenvalue weighted by molar-refractivity contribution is 6.30. The number of halogens is 1. The van der Waals surface area contributed by atoms with Crippen LogP contribution in [0.5, 0.6) is 0 Å². The van der Waals surface area contributed by atoms with Crippen molar-refractivity contribution in [2.24, 2.45) is 0 Å². The van der Waals surface area contributed by atoms with Crippen molar-refractivity contribution in [3.63, 3.8) is 0 Å². The molecule has 2 saturated heterocycles. The fraction of sp³-hybridized carbons (Fsp3) is 0.400. The number of hydrogen-bond acceptors (Lipinski definition) is 4. The van der Waals surface area contributed by atoms with Crippen LogP contribution in [0.3, 0.4) is 0 Å². The Morgan fingerprint density at radius 1 is 1.31 bits per heavy atom. The summed E-state index contributed by atoms with van der Waals surface area (Å²) in [6.07, 6.45) is 5.40. The smallest absolute Gasteiger partial charge is 0.254 e. The number of ether oxygens (including phenoxy) is 2. The normalized spacial score (nSPS) is 21.4. The molecule has 0 bridgehead atoms. The number of nitrogens with zero attached hydrogens (tertiary/aromatic N) is 2. The third kappa shape index (κ3) is 3.75. The molecule has 0 N–H and O–H groups in total. The minimum Gasteiger partial charge on any atom is -0.373 e. The molecule has 1 unspecified atom stereocenters. The van der Waals surface area contributed by atoms with Gasteiger partial charge < -0.3 is 14.4 Å². The monoisotopic (exact) mass is 372 g/mol. The Bertz CT molecular complexity index is 778. The van der Waals surface area contributed by atoms with Gasteiger partial charge in [0.25, 0.3) is 5.91 Å². The number of pyridine rings is 1. The quantitative estimate of drug-likeness (QED) is 0.826. The fourth-order valence-electron chi connectivity index (χ4n) is 3.64. The molecule has 5 nitrogen and oxygen atoms in total. The summed E-state index contributed by atoms with van der Waals surface area (Å²) in [6.45, 7) is 2.45. The molecular weight excluding hydrogens is 352 g/mol. The van der Waals surface area contributed by atoms with Gasteiger partial charge in [-0.15, -0.1) is 0 Å². The highest BCUT2D eigenvalue weighted by Gasteiger charge is 2.49. The molecule has 2 aliphatic heterocycles. The molecule has 2 aromatic rings. The largest absolute Gasteiger partial charge is 0.373 e. The molecule has 1 atom stereocenters. The van der Waals surface area contributed by atoms with Crippen molar-refractivity contribution < 1.29 is 14.3 Å². The van der Waals surface area contributed by atoms with E-state index in [2.05, 4.69) is 4.98 Å². The lowest BCUT2D eigenvalue weighted by atomic mass is 9.84. The van der Waals surface area contributed by atoms with E-state index >= 15 is 0 Å². The van der Waals surface area contributed by atoms with Gasteiger partial charge in [0.15, 0.2) is 0 Å². The first-order chi connectivity index (χ1) is 12.6. The van der Waals surface area contributed by atoms with E-state index in [1.807, 2.05) is 17.0 Å². The number of hydrogen-bond donors (Lipinski definition) is 0. The van der Waals surface area contributed by atoms with E-state index in [9.17, 15) is 4.79 Å². The van der Waals surface area contributed by atoms with Gasteiger partial charge >= 0.3 is 0 Å². The second-order valence-corrected chi connectivity index (χ2v) is 7.42. The van der Waals surface area contributed by atoms with E-state index < -0.39 is 0 Å². The van der Waals surface area contributed by atoms with Crippen molar-refractivity contribution in [2.45, 2.75) is 31.2 Å². The van der Waals surface area contributed by atoms with Crippen LogP contribution >= 0.6 is 11.6 Å². The molecule has 1 aromatic heterocycles. The molecule has 3 heterocycles. The number of rotatable bonds is 4. The molecule has 0 aliphatic carbocycles. The first-order valence-electron chi connectivity index (χ1n) is 8.83. The third-order valence-electron chi connectivity index (χ3n) is 5.00. The second-order valence-electron chi connectivity index (χ2n) is 6.98. The maximum atomic E-state index is 12.6. The van der Waals surface area contributed by atoms with Crippen LogP contribution in [0.1, 0.15) is 28.8 Å². The minimum atomic E-state index is -0.268. The van der Waals surface area contributed by atoms with Gasteiger partial charge in [-0.05, 0) is 42.3 Å². The number of aromatic nitrogens is 1. The zero-order valence-electron chi connectivity index (χ0n) is 14.4. The summed E-state index contributed by atoms with van der Waals surface area (Å²) < 4.78 is 12.1. The van der Waals surface area contributed by atoms with Gasteiger partial charge in [0.05, 0.1) is 25.8 Å². The average Bonchev–Trinajstić information content (AvgIpc) is 2.65. The molecule has 2 fully saturated rings. The van der Waals surface area contributed by atoms with E-state index in [1.165, 1.54) is 0 Å². The lowest BCUT2D eigenvalue weighted by Gasteiger charge is -2.53. The van der Waals surface area contributed by atoms with Crippen LogP contribution in [0.15, 0.2) is 48.8 Å². The third-order valence-corrected chi connectivity index (χ3v) is 5.23. The lowest BCUT2D eigenvalue weighted by molar-refractivity contribution is -0.188. The Kier molecular flexibility index (Phi) is 4.94. The van der Waals surface area contributed by atoms with Crippen LogP contribution in [-0.2, 0) is 16.1 Å². The molecule has 136 valence electrons. The highest BCUT2D eigenvalue weighted by Crippen LogP contribution is 2.36. The number of carbonyl (C=O) groups excluding carboxylic acids is 1. The van der Waals surface area contributed by atoms with Gasteiger partial charge in [-0.3, -0.25) is 9.78 Å². The summed E-state index contributed by atoms with van der Waals surface area (Å²) >= 11 is 5.99. The summed E-state index contributed by atoms with van der Waals surface area (Å²) in [5, 5.41) is 0.574. The first kappa shape index (κ1) is 17.5. The number of likely N-dealkylation sites (tertiary alicyclic amines) is 1. The Morgan fingerprint density at radius 2 is 2.12 bits per heavy atom. The Hall–Kier alpha value is -1.95. The van der Waals surface area contributed by atoms with Gasteiger partial charge in [0.2, 0.25) is 0 Å². The predicted molar refractivity (Wildman–Crippen MR) is 98.1 cm³/mol. The summed E-state index contributed by atoms with van der Waals surface area (Å²) in [7, 11) is 0. The van der Waals surface area contributed by atoms with Crippen molar-refractivity contribution in [1.82, 2.24) is 9.88 Å². The van der Waals surface area contributed by atoms with Gasteiger partial charge in [0, 0.05) is 36.0 Å². The van der Waals surface area contributed by atoms with Crippen LogP contribution < -0.4 is 0 Å². The van der Waals surface area contributed by atoms with E-state index in [4.69, 9.17) is 21.1 Å². The molecule has 6 heteroatoms. The van der Waals surface area contributed by atoms with Crippen molar-refractivity contribution in [3.8, 4) is 0 Å². The van der Waals surface area contributed by atoms with Crippen LogP contribution in [0.2, 0.25) is 5.02 Å². The lowest BCUT2D eigenvalue weighted by Crippen LogP contribution is -2.67. The van der Waals surface area contributed by atoms with Crippen molar-refractivity contribution >= 4 is 17.5 Å². The van der Waals surface area contributed by atoms with Crippen molar-refractivity contribution in [3.05, 3.63) is 64.9 Å². The zero-order chi connectivity index (χ0) is 18.0. The van der Waals surface area contributed by atoms with Crippen LogP contribution in [0.4, 0.5) is 0 Å². The summed E-state index contributed by atoms with van der Waals surface area (Å²) in [5.41, 5.74) is 1.47. The van der Waals surface area contributed by atoms with E-state index in [1.54, 1.807) is 36.7 Å². The van der Waals surface area contributed by atoms with Gasteiger partial charge in [-0.1, -0.05) is 17.7 Å². The van der Waals surface area contributed by atoms with Crippen molar-refractivity contribution in [1.29, 1.82) is 0 Å². The molecule has 1 spiro atoms. The van der Waals surface area contributed by atoms with E-state index in [0.717, 1.165) is 18.4 Å². The van der Waals surface area contributed by atoms with Crippen LogP contribution in [-0.4, -0.2) is 47.2 Å².